The average molecular weight is 895 g/mol. The fourth-order valence-electron chi connectivity index (χ4n) is 8.03. The minimum absolute atomic E-state index is 0.00817. The van der Waals surface area contributed by atoms with Crippen LogP contribution in [0.4, 0.5) is 0 Å². The number of carbonyl (C=O) groups excluding carboxylic acids is 2. The first-order chi connectivity index (χ1) is 31.4. The number of aliphatic carboxylic acids is 1. The lowest BCUT2D eigenvalue weighted by Gasteiger charge is -2.18. The number of hydrogen-bond acceptors (Lipinski definition) is 5. The Morgan fingerprint density at radius 3 is 1.33 bits per heavy atom. The van der Waals surface area contributed by atoms with Gasteiger partial charge in [-0.05, 0) is 122 Å². The minimum atomic E-state index is -1.00. The van der Waals surface area contributed by atoms with E-state index in [2.05, 4.69) is 79.9 Å². The van der Waals surface area contributed by atoms with Gasteiger partial charge < -0.3 is 20.9 Å². The Labute approximate surface area is 395 Å². The molecule has 0 aromatic rings. The van der Waals surface area contributed by atoms with Crippen LogP contribution in [0.1, 0.15) is 264 Å². The van der Waals surface area contributed by atoms with Gasteiger partial charge in [0.05, 0.1) is 0 Å². The Bertz CT molecular complexity index is 1190. The maximum Gasteiger partial charge on any atom is 0.326 e. The summed E-state index contributed by atoms with van der Waals surface area (Å²) in [6.07, 6.45) is 65.7. The second kappa shape index (κ2) is 51.1. The fourth-order valence-corrected chi connectivity index (χ4v) is 8.03. The standard InChI is InChI=1S/C57H102N2O5/c1-3-5-7-9-11-13-15-17-19-20-21-22-23-24-25-26-28-30-32-34-36-41-45-51-56(61)64-53(47-42-38-35-33-31-29-27-18-16-14-12-10-8-6-4-2)48-43-39-37-40-44-50-55(60)59-54(57(62)63)49-46-52-58/h5,7,11,13,17,19,21-22,29,31,53-54H,3-4,6,8-10,12,14-16,18,20,23-28,30,32-52,58H2,1-2H3,(H,59,60)(H,62,63)/b7-5-,13-11-,19-17-,22-21-,31-29-. The summed E-state index contributed by atoms with van der Waals surface area (Å²) in [4.78, 5) is 36.6. The van der Waals surface area contributed by atoms with Crippen molar-refractivity contribution in [3.8, 4) is 0 Å². The summed E-state index contributed by atoms with van der Waals surface area (Å²) in [6.45, 7) is 4.85. The van der Waals surface area contributed by atoms with Gasteiger partial charge in [0.1, 0.15) is 12.1 Å². The van der Waals surface area contributed by atoms with Gasteiger partial charge in [-0.25, -0.2) is 4.79 Å². The first-order valence-corrected chi connectivity index (χ1v) is 27.1. The third-order valence-corrected chi connectivity index (χ3v) is 12.1. The zero-order valence-corrected chi connectivity index (χ0v) is 41.9. The fraction of sp³-hybridized carbons (Fsp3) is 0.772. The van der Waals surface area contributed by atoms with Crippen molar-refractivity contribution < 1.29 is 24.2 Å². The van der Waals surface area contributed by atoms with Crippen LogP contribution >= 0.6 is 0 Å². The van der Waals surface area contributed by atoms with Crippen LogP contribution in [0.2, 0.25) is 0 Å². The zero-order chi connectivity index (χ0) is 46.7. The molecule has 1 amide bonds. The van der Waals surface area contributed by atoms with Crippen molar-refractivity contribution >= 4 is 17.8 Å². The number of rotatable bonds is 49. The van der Waals surface area contributed by atoms with Crippen LogP contribution in [0.25, 0.3) is 0 Å². The third kappa shape index (κ3) is 47.0. The highest BCUT2D eigenvalue weighted by atomic mass is 16.5. The van der Waals surface area contributed by atoms with Crippen molar-refractivity contribution in [3.63, 3.8) is 0 Å². The quantitative estimate of drug-likeness (QED) is 0.0318. The number of nitrogens with two attached hydrogens (primary N) is 1. The molecule has 7 heteroatoms. The molecule has 0 aromatic heterocycles. The van der Waals surface area contributed by atoms with Gasteiger partial charge in [-0.15, -0.1) is 0 Å². The molecule has 0 saturated carbocycles. The Morgan fingerprint density at radius 2 is 0.859 bits per heavy atom. The van der Waals surface area contributed by atoms with Crippen LogP contribution < -0.4 is 11.1 Å². The number of ether oxygens (including phenoxy) is 1. The molecule has 0 fully saturated rings. The molecule has 2 atom stereocenters. The molecule has 0 saturated heterocycles. The molecular formula is C57H102N2O5. The van der Waals surface area contributed by atoms with Gasteiger partial charge >= 0.3 is 11.9 Å². The lowest BCUT2D eigenvalue weighted by atomic mass is 10.0. The topological polar surface area (TPSA) is 119 Å². The zero-order valence-electron chi connectivity index (χ0n) is 41.9. The van der Waals surface area contributed by atoms with Crippen molar-refractivity contribution in [3.05, 3.63) is 60.8 Å². The minimum Gasteiger partial charge on any atom is -0.480 e. The van der Waals surface area contributed by atoms with Crippen molar-refractivity contribution in [1.82, 2.24) is 5.32 Å². The smallest absolute Gasteiger partial charge is 0.326 e. The van der Waals surface area contributed by atoms with E-state index in [1.807, 2.05) is 0 Å². The predicted octanol–water partition coefficient (Wildman–Crippen LogP) is 16.5. The van der Waals surface area contributed by atoms with Crippen LogP contribution in [0.5, 0.6) is 0 Å². The van der Waals surface area contributed by atoms with Crippen molar-refractivity contribution in [2.75, 3.05) is 6.54 Å². The number of nitrogens with one attached hydrogen (secondary N) is 1. The molecule has 0 aliphatic carbocycles. The largest absolute Gasteiger partial charge is 0.480 e. The van der Waals surface area contributed by atoms with E-state index < -0.39 is 12.0 Å². The molecule has 64 heavy (non-hydrogen) atoms. The summed E-state index contributed by atoms with van der Waals surface area (Å²) >= 11 is 0. The Hall–Kier alpha value is -2.93. The van der Waals surface area contributed by atoms with Crippen LogP contribution in [0.15, 0.2) is 60.8 Å². The number of carboxylic acids is 1. The van der Waals surface area contributed by atoms with Gasteiger partial charge in [0.25, 0.3) is 0 Å². The summed E-state index contributed by atoms with van der Waals surface area (Å²) in [5.41, 5.74) is 5.51. The molecule has 2 unspecified atom stereocenters. The molecule has 7 nitrogen and oxygen atoms in total. The molecule has 0 aliphatic heterocycles. The number of unbranched alkanes of at least 4 members (excludes halogenated alkanes) is 25. The lowest BCUT2D eigenvalue weighted by molar-refractivity contribution is -0.150. The summed E-state index contributed by atoms with van der Waals surface area (Å²) in [6, 6.07) is -0.861. The average Bonchev–Trinajstić information content (AvgIpc) is 3.28. The highest BCUT2D eigenvalue weighted by Crippen LogP contribution is 2.19. The predicted molar refractivity (Wildman–Crippen MR) is 276 cm³/mol. The summed E-state index contributed by atoms with van der Waals surface area (Å²) < 4.78 is 6.09. The molecule has 0 aliphatic rings. The highest BCUT2D eigenvalue weighted by molar-refractivity contribution is 5.83. The summed E-state index contributed by atoms with van der Waals surface area (Å²) in [5.74, 6) is -1.24. The second-order valence-corrected chi connectivity index (χ2v) is 18.3. The van der Waals surface area contributed by atoms with E-state index in [1.54, 1.807) is 0 Å². The number of hydrogen-bond donors (Lipinski definition) is 3. The van der Waals surface area contributed by atoms with Crippen molar-refractivity contribution in [1.29, 1.82) is 0 Å². The Balaban J connectivity index is 4.27. The van der Waals surface area contributed by atoms with Gasteiger partial charge in [0, 0.05) is 12.8 Å². The number of amides is 1. The summed E-state index contributed by atoms with van der Waals surface area (Å²) in [5, 5.41) is 12.0. The Kier molecular flexibility index (Phi) is 48.7. The SMILES string of the molecule is CC/C=C\C/C=C\C/C=C\C/C=C\CCCCCCCCCCCCC(=O)OC(CCCCC/C=C\CCCCCCCCCC)CCCCCCCC(=O)NC(CCCN)C(=O)O. The number of carboxylic acid groups (broad SMARTS) is 1. The lowest BCUT2D eigenvalue weighted by Crippen LogP contribution is -2.40. The van der Waals surface area contributed by atoms with Gasteiger partial charge in [0.2, 0.25) is 5.91 Å². The van der Waals surface area contributed by atoms with Crippen LogP contribution in [0, 0.1) is 0 Å². The molecule has 4 N–H and O–H groups in total. The van der Waals surface area contributed by atoms with Gasteiger partial charge in [-0.3, -0.25) is 9.59 Å². The van der Waals surface area contributed by atoms with Gasteiger partial charge in [-0.2, -0.15) is 0 Å². The number of allylic oxidation sites excluding steroid dienone is 10. The Morgan fingerprint density at radius 1 is 0.469 bits per heavy atom. The van der Waals surface area contributed by atoms with Crippen molar-refractivity contribution in [2.24, 2.45) is 5.73 Å². The maximum absolute atomic E-state index is 12.9. The van der Waals surface area contributed by atoms with E-state index in [0.29, 0.717) is 32.2 Å². The first-order valence-electron chi connectivity index (χ1n) is 27.1. The third-order valence-electron chi connectivity index (χ3n) is 12.1. The molecule has 0 heterocycles. The molecule has 0 spiro atoms. The van der Waals surface area contributed by atoms with Crippen LogP contribution in [-0.2, 0) is 19.1 Å². The summed E-state index contributed by atoms with van der Waals surface area (Å²) in [7, 11) is 0. The maximum atomic E-state index is 12.9. The number of esters is 1. The molecule has 0 radical (unpaired) electrons. The van der Waals surface area contributed by atoms with E-state index >= 15 is 0 Å². The molecule has 370 valence electrons. The molecule has 0 rings (SSSR count). The highest BCUT2D eigenvalue weighted by Gasteiger charge is 2.19. The van der Waals surface area contributed by atoms with E-state index in [0.717, 1.165) is 96.3 Å². The van der Waals surface area contributed by atoms with Crippen LogP contribution in [0.3, 0.4) is 0 Å². The van der Waals surface area contributed by atoms with Crippen molar-refractivity contribution in [2.45, 2.75) is 276 Å². The molecule has 0 aromatic carbocycles. The molecule has 0 bridgehead atoms. The van der Waals surface area contributed by atoms with E-state index in [4.69, 9.17) is 10.5 Å². The number of carbonyl (C=O) groups is 3. The monoisotopic (exact) mass is 895 g/mol. The van der Waals surface area contributed by atoms with Crippen LogP contribution in [-0.4, -0.2) is 41.6 Å². The second-order valence-electron chi connectivity index (χ2n) is 18.3. The first kappa shape index (κ1) is 61.1. The van der Waals surface area contributed by atoms with E-state index in [-0.39, 0.29) is 18.0 Å². The van der Waals surface area contributed by atoms with E-state index in [9.17, 15) is 19.5 Å². The normalized spacial score (nSPS) is 13.0. The molecular weight excluding hydrogens is 793 g/mol. The van der Waals surface area contributed by atoms with Gasteiger partial charge in [-0.1, -0.05) is 197 Å². The van der Waals surface area contributed by atoms with E-state index in [1.165, 1.54) is 128 Å². The van der Waals surface area contributed by atoms with Gasteiger partial charge in [0.15, 0.2) is 0 Å².